The highest BCUT2D eigenvalue weighted by molar-refractivity contribution is 5.79. The molecule has 2 fully saturated rings. The van der Waals surface area contributed by atoms with E-state index in [1.165, 1.54) is 0 Å². The van der Waals surface area contributed by atoms with Crippen LogP contribution in [0.15, 0.2) is 0 Å². The fraction of sp³-hybridized carbons (Fsp3) is 0.882. The Labute approximate surface area is 123 Å². The van der Waals surface area contributed by atoms with Gasteiger partial charge in [-0.2, -0.15) is 5.26 Å². The van der Waals surface area contributed by atoms with Crippen LogP contribution in [0.25, 0.3) is 0 Å². The summed E-state index contributed by atoms with van der Waals surface area (Å²) in [4.78, 5) is 14.5. The first kappa shape index (κ1) is 15.4. The topological polar surface area (TPSA) is 44.1 Å². The Hall–Kier alpha value is -1.04. The monoisotopic (exact) mass is 276 g/mol. The number of hydrogen-bond acceptors (Lipinski definition) is 2. The molecule has 0 radical (unpaired) electrons. The minimum atomic E-state index is -0.170. The summed E-state index contributed by atoms with van der Waals surface area (Å²) in [5.74, 6) is 1.16. The van der Waals surface area contributed by atoms with Crippen molar-refractivity contribution in [3.63, 3.8) is 0 Å². The molecule has 1 unspecified atom stereocenters. The quantitative estimate of drug-likeness (QED) is 0.732. The normalized spacial score (nSPS) is 31.7. The Morgan fingerprint density at radius 3 is 2.30 bits per heavy atom. The van der Waals surface area contributed by atoms with Crippen LogP contribution in [-0.2, 0) is 4.79 Å². The lowest BCUT2D eigenvalue weighted by Gasteiger charge is -2.39. The third kappa shape index (κ3) is 3.34. The van der Waals surface area contributed by atoms with Crippen LogP contribution in [0.3, 0.4) is 0 Å². The fourth-order valence-corrected chi connectivity index (χ4v) is 3.77. The van der Waals surface area contributed by atoms with Gasteiger partial charge in [-0.1, -0.05) is 20.8 Å². The predicted molar refractivity (Wildman–Crippen MR) is 79.9 cm³/mol. The standard InChI is InChI=1S/C17H28N2O/c1-17(2,3)14-9-7-13(8-10-14)16(20)19-11-5-4-6-15(19)12-18/h13-15H,4-11H2,1-3H3. The Bertz CT molecular complexity index is 383. The van der Waals surface area contributed by atoms with Crippen LogP contribution in [0.1, 0.15) is 65.7 Å². The second-order valence-electron chi connectivity index (χ2n) is 7.59. The van der Waals surface area contributed by atoms with Crippen molar-refractivity contribution in [1.29, 1.82) is 5.26 Å². The number of rotatable bonds is 1. The van der Waals surface area contributed by atoms with Crippen LogP contribution >= 0.6 is 0 Å². The van der Waals surface area contributed by atoms with E-state index < -0.39 is 0 Å². The molecule has 1 atom stereocenters. The molecule has 0 bridgehead atoms. The van der Waals surface area contributed by atoms with Crippen molar-refractivity contribution < 1.29 is 4.79 Å². The van der Waals surface area contributed by atoms with Crippen LogP contribution in [0.5, 0.6) is 0 Å². The van der Waals surface area contributed by atoms with Gasteiger partial charge in [0.2, 0.25) is 5.91 Å². The maximum Gasteiger partial charge on any atom is 0.226 e. The van der Waals surface area contributed by atoms with Crippen LogP contribution in [0.4, 0.5) is 0 Å². The molecule has 0 N–H and O–H groups in total. The molecule has 112 valence electrons. The zero-order chi connectivity index (χ0) is 14.8. The Morgan fingerprint density at radius 2 is 1.75 bits per heavy atom. The van der Waals surface area contributed by atoms with E-state index in [9.17, 15) is 10.1 Å². The van der Waals surface area contributed by atoms with Crippen molar-refractivity contribution in [2.75, 3.05) is 6.54 Å². The summed E-state index contributed by atoms with van der Waals surface area (Å²) in [5, 5.41) is 9.21. The zero-order valence-electron chi connectivity index (χ0n) is 13.2. The molecule has 2 rings (SSSR count). The number of carbonyl (C=O) groups is 1. The summed E-state index contributed by atoms with van der Waals surface area (Å²) in [6.07, 6.45) is 7.33. The van der Waals surface area contributed by atoms with Crippen LogP contribution in [0.2, 0.25) is 0 Å². The van der Waals surface area contributed by atoms with E-state index in [1.54, 1.807) is 0 Å². The summed E-state index contributed by atoms with van der Waals surface area (Å²) in [7, 11) is 0. The summed E-state index contributed by atoms with van der Waals surface area (Å²) < 4.78 is 0. The van der Waals surface area contributed by atoms with Gasteiger partial charge in [-0.25, -0.2) is 0 Å². The van der Waals surface area contributed by atoms with Gasteiger partial charge >= 0.3 is 0 Å². The summed E-state index contributed by atoms with van der Waals surface area (Å²) in [5.41, 5.74) is 0.355. The molecule has 1 saturated carbocycles. The van der Waals surface area contributed by atoms with Crippen molar-refractivity contribution in [1.82, 2.24) is 4.90 Å². The maximum absolute atomic E-state index is 12.7. The van der Waals surface area contributed by atoms with Crippen LogP contribution < -0.4 is 0 Å². The van der Waals surface area contributed by atoms with E-state index in [1.807, 2.05) is 4.90 Å². The number of hydrogen-bond donors (Lipinski definition) is 0. The van der Waals surface area contributed by atoms with Gasteiger partial charge in [-0.15, -0.1) is 0 Å². The Balaban J connectivity index is 1.93. The molecule has 2 aliphatic rings. The number of carbonyl (C=O) groups excluding carboxylic acids is 1. The summed E-state index contributed by atoms with van der Waals surface area (Å²) in [6.45, 7) is 7.69. The molecule has 0 spiro atoms. The van der Waals surface area contributed by atoms with Crippen molar-refractivity contribution >= 4 is 5.91 Å². The third-order valence-electron chi connectivity index (χ3n) is 5.24. The molecular formula is C17H28N2O. The van der Waals surface area contributed by atoms with Crippen molar-refractivity contribution in [3.8, 4) is 6.07 Å². The maximum atomic E-state index is 12.7. The first-order valence-electron chi connectivity index (χ1n) is 8.13. The molecule has 3 nitrogen and oxygen atoms in total. The molecule has 1 aliphatic heterocycles. The number of amides is 1. The number of likely N-dealkylation sites (tertiary alicyclic amines) is 1. The van der Waals surface area contributed by atoms with Gasteiger partial charge in [0, 0.05) is 12.5 Å². The van der Waals surface area contributed by atoms with E-state index in [2.05, 4.69) is 26.8 Å². The lowest BCUT2D eigenvalue weighted by molar-refractivity contribution is -0.139. The zero-order valence-corrected chi connectivity index (χ0v) is 13.2. The van der Waals surface area contributed by atoms with Crippen molar-refractivity contribution in [3.05, 3.63) is 0 Å². The van der Waals surface area contributed by atoms with Gasteiger partial charge in [-0.05, 0) is 56.3 Å². The number of piperidine rings is 1. The molecule has 0 aromatic carbocycles. The van der Waals surface area contributed by atoms with Gasteiger partial charge < -0.3 is 4.90 Å². The van der Waals surface area contributed by atoms with Crippen LogP contribution in [-0.4, -0.2) is 23.4 Å². The Kier molecular flexibility index (Phi) is 4.73. The van der Waals surface area contributed by atoms with E-state index >= 15 is 0 Å². The number of nitrogens with zero attached hydrogens (tertiary/aromatic N) is 2. The molecule has 1 saturated heterocycles. The van der Waals surface area contributed by atoms with Gasteiger partial charge in [0.25, 0.3) is 0 Å². The second-order valence-corrected chi connectivity index (χ2v) is 7.59. The lowest BCUT2D eigenvalue weighted by atomic mass is 9.69. The van der Waals surface area contributed by atoms with E-state index in [0.717, 1.165) is 57.4 Å². The molecule has 0 aromatic rings. The summed E-state index contributed by atoms with van der Waals surface area (Å²) in [6, 6.07) is 2.14. The van der Waals surface area contributed by atoms with Crippen molar-refractivity contribution in [2.24, 2.45) is 17.3 Å². The molecule has 1 heterocycles. The van der Waals surface area contributed by atoms with Crippen LogP contribution in [0, 0.1) is 28.6 Å². The fourth-order valence-electron chi connectivity index (χ4n) is 3.77. The minimum Gasteiger partial charge on any atom is -0.326 e. The first-order chi connectivity index (χ1) is 9.43. The Morgan fingerprint density at radius 1 is 1.10 bits per heavy atom. The molecule has 0 aromatic heterocycles. The summed E-state index contributed by atoms with van der Waals surface area (Å²) >= 11 is 0. The van der Waals surface area contributed by atoms with Gasteiger partial charge in [0.05, 0.1) is 6.07 Å². The SMILES string of the molecule is CC(C)(C)C1CCC(C(=O)N2CCCCC2C#N)CC1. The van der Waals surface area contributed by atoms with Crippen molar-refractivity contribution in [2.45, 2.75) is 71.8 Å². The smallest absolute Gasteiger partial charge is 0.226 e. The molecular weight excluding hydrogens is 248 g/mol. The first-order valence-corrected chi connectivity index (χ1v) is 8.13. The van der Waals surface area contributed by atoms with E-state index in [-0.39, 0.29) is 17.9 Å². The molecule has 1 amide bonds. The van der Waals surface area contributed by atoms with E-state index in [4.69, 9.17) is 0 Å². The molecule has 20 heavy (non-hydrogen) atoms. The van der Waals surface area contributed by atoms with Gasteiger partial charge in [0.1, 0.15) is 6.04 Å². The minimum absolute atomic E-state index is 0.169. The highest BCUT2D eigenvalue weighted by Gasteiger charge is 2.36. The van der Waals surface area contributed by atoms with Gasteiger partial charge in [0.15, 0.2) is 0 Å². The molecule has 3 heteroatoms. The molecule has 1 aliphatic carbocycles. The number of nitriles is 1. The second kappa shape index (κ2) is 6.16. The largest absolute Gasteiger partial charge is 0.326 e. The lowest BCUT2D eigenvalue weighted by Crippen LogP contribution is -2.46. The highest BCUT2D eigenvalue weighted by atomic mass is 16.2. The highest BCUT2D eigenvalue weighted by Crippen LogP contribution is 2.40. The van der Waals surface area contributed by atoms with Gasteiger partial charge in [-0.3, -0.25) is 4.79 Å². The average Bonchev–Trinajstić information content (AvgIpc) is 2.45. The third-order valence-corrected chi connectivity index (χ3v) is 5.24. The average molecular weight is 276 g/mol. The van der Waals surface area contributed by atoms with E-state index in [0.29, 0.717) is 5.41 Å². The predicted octanol–water partition coefficient (Wildman–Crippen LogP) is 3.74.